The highest BCUT2D eigenvalue weighted by Gasteiger charge is 2.29. The second kappa shape index (κ2) is 4.93. The van der Waals surface area contributed by atoms with Crippen molar-refractivity contribution in [3.63, 3.8) is 0 Å². The smallest absolute Gasteiger partial charge is 0.0257 e. The van der Waals surface area contributed by atoms with Crippen molar-refractivity contribution in [3.05, 3.63) is 0 Å². The fraction of sp³-hybridized carbons (Fsp3) is 1.00. The highest BCUT2D eigenvalue weighted by Crippen LogP contribution is 2.38. The molecule has 0 bridgehead atoms. The molecule has 0 aliphatic heterocycles. The topological polar surface area (TPSA) is 0 Å². The van der Waals surface area contributed by atoms with Crippen LogP contribution in [0.1, 0.15) is 41.0 Å². The third-order valence-corrected chi connectivity index (χ3v) is 4.35. The molecule has 1 atom stereocenters. The van der Waals surface area contributed by atoms with E-state index in [1.54, 1.807) is 0 Å². The molecule has 1 unspecified atom stereocenters. The second-order valence-electron chi connectivity index (χ2n) is 5.39. The van der Waals surface area contributed by atoms with E-state index in [4.69, 9.17) is 11.6 Å². The monoisotopic (exact) mass is 222 g/mol. The number of hydrogen-bond acceptors (Lipinski definition) is 1. The molecule has 0 aromatic heterocycles. The molecular formula is C11H23ClS. The first-order valence-electron chi connectivity index (χ1n) is 4.84. The van der Waals surface area contributed by atoms with E-state index in [1.165, 1.54) is 6.42 Å². The molecule has 13 heavy (non-hydrogen) atoms. The Hall–Kier alpha value is 0.640. The second-order valence-corrected chi connectivity index (χ2v) is 7.21. The summed E-state index contributed by atoms with van der Waals surface area (Å²) in [5, 5.41) is 0. The number of thioether (sulfide) groups is 1. The van der Waals surface area contributed by atoms with Crippen LogP contribution >= 0.6 is 23.4 Å². The molecule has 0 saturated heterocycles. The first-order valence-corrected chi connectivity index (χ1v) is 6.60. The average molecular weight is 223 g/mol. The van der Waals surface area contributed by atoms with Gasteiger partial charge in [0.2, 0.25) is 0 Å². The minimum atomic E-state index is 0.328. The van der Waals surface area contributed by atoms with Crippen LogP contribution in [0.2, 0.25) is 0 Å². The Morgan fingerprint density at radius 2 is 1.62 bits per heavy atom. The molecule has 0 rings (SSSR count). The van der Waals surface area contributed by atoms with E-state index in [0.717, 1.165) is 5.88 Å². The summed E-state index contributed by atoms with van der Waals surface area (Å²) in [5.41, 5.74) is 0.328. The molecule has 0 saturated carbocycles. The van der Waals surface area contributed by atoms with Crippen LogP contribution in [0.25, 0.3) is 0 Å². The van der Waals surface area contributed by atoms with Crippen LogP contribution in [0.3, 0.4) is 0 Å². The van der Waals surface area contributed by atoms with Crippen molar-refractivity contribution < 1.29 is 0 Å². The summed E-state index contributed by atoms with van der Waals surface area (Å²) in [5.74, 6) is 1.38. The Morgan fingerprint density at radius 1 is 1.15 bits per heavy atom. The van der Waals surface area contributed by atoms with Gasteiger partial charge in [-0.3, -0.25) is 0 Å². The van der Waals surface area contributed by atoms with Gasteiger partial charge in [-0.1, -0.05) is 34.6 Å². The van der Waals surface area contributed by atoms with Crippen LogP contribution in [-0.4, -0.2) is 16.9 Å². The van der Waals surface area contributed by atoms with Crippen molar-refractivity contribution >= 4 is 23.4 Å². The molecule has 0 aliphatic carbocycles. The van der Waals surface area contributed by atoms with E-state index >= 15 is 0 Å². The lowest BCUT2D eigenvalue weighted by Gasteiger charge is -2.35. The highest BCUT2D eigenvalue weighted by molar-refractivity contribution is 7.99. The SMILES string of the molecule is CSC(C)(C)CC(CCl)C(C)(C)C. The van der Waals surface area contributed by atoms with Gasteiger partial charge in [-0.2, -0.15) is 11.8 Å². The molecular weight excluding hydrogens is 200 g/mol. The predicted octanol–water partition coefficient (Wildman–Crippen LogP) is 4.42. The van der Waals surface area contributed by atoms with Crippen LogP contribution in [0, 0.1) is 11.3 Å². The van der Waals surface area contributed by atoms with Gasteiger partial charge in [-0.25, -0.2) is 0 Å². The largest absolute Gasteiger partial charge is 0.159 e. The van der Waals surface area contributed by atoms with Gasteiger partial charge in [0.05, 0.1) is 0 Å². The first kappa shape index (κ1) is 13.6. The van der Waals surface area contributed by atoms with Gasteiger partial charge in [0.25, 0.3) is 0 Å². The summed E-state index contributed by atoms with van der Waals surface area (Å²) in [6, 6.07) is 0. The van der Waals surface area contributed by atoms with E-state index in [-0.39, 0.29) is 0 Å². The van der Waals surface area contributed by atoms with Crippen LogP contribution in [0.5, 0.6) is 0 Å². The third-order valence-electron chi connectivity index (χ3n) is 2.70. The van der Waals surface area contributed by atoms with Crippen molar-refractivity contribution in [2.45, 2.75) is 45.8 Å². The molecule has 0 N–H and O–H groups in total. The fourth-order valence-corrected chi connectivity index (χ4v) is 2.21. The molecule has 0 nitrogen and oxygen atoms in total. The summed E-state index contributed by atoms with van der Waals surface area (Å²) in [6.07, 6.45) is 3.37. The van der Waals surface area contributed by atoms with Gasteiger partial charge in [0.15, 0.2) is 0 Å². The summed E-state index contributed by atoms with van der Waals surface area (Å²) >= 11 is 7.93. The number of hydrogen-bond donors (Lipinski definition) is 0. The van der Waals surface area contributed by atoms with Gasteiger partial charge in [0.1, 0.15) is 0 Å². The molecule has 0 aromatic carbocycles. The lowest BCUT2D eigenvalue weighted by molar-refractivity contribution is 0.236. The van der Waals surface area contributed by atoms with Gasteiger partial charge >= 0.3 is 0 Å². The Labute approximate surface area is 92.8 Å². The highest BCUT2D eigenvalue weighted by atomic mass is 35.5. The maximum absolute atomic E-state index is 6.01. The molecule has 0 aromatic rings. The summed E-state index contributed by atoms with van der Waals surface area (Å²) < 4.78 is 0.354. The maximum atomic E-state index is 6.01. The zero-order chi connectivity index (χ0) is 10.7. The maximum Gasteiger partial charge on any atom is 0.0257 e. The average Bonchev–Trinajstić information content (AvgIpc) is 1.98. The van der Waals surface area contributed by atoms with Crippen molar-refractivity contribution in [2.24, 2.45) is 11.3 Å². The van der Waals surface area contributed by atoms with E-state index in [0.29, 0.717) is 16.1 Å². The minimum Gasteiger partial charge on any atom is -0.159 e. The van der Waals surface area contributed by atoms with Gasteiger partial charge < -0.3 is 0 Å². The number of alkyl halides is 1. The van der Waals surface area contributed by atoms with Crippen LogP contribution in [-0.2, 0) is 0 Å². The molecule has 2 heteroatoms. The minimum absolute atomic E-state index is 0.328. The zero-order valence-electron chi connectivity index (χ0n) is 9.78. The summed E-state index contributed by atoms with van der Waals surface area (Å²) in [6.45, 7) is 11.4. The zero-order valence-corrected chi connectivity index (χ0v) is 11.4. The Morgan fingerprint density at radius 3 is 1.85 bits per heavy atom. The number of halogens is 1. The first-order chi connectivity index (χ1) is 5.73. The summed E-state index contributed by atoms with van der Waals surface area (Å²) in [4.78, 5) is 0. The standard InChI is InChI=1S/C11H23ClS/c1-10(2,3)9(8-12)7-11(4,5)13-6/h9H,7-8H2,1-6H3. The normalized spacial score (nSPS) is 15.9. The van der Waals surface area contributed by atoms with Crippen LogP contribution < -0.4 is 0 Å². The third kappa shape index (κ3) is 5.17. The Balaban J connectivity index is 4.30. The summed E-state index contributed by atoms with van der Waals surface area (Å²) in [7, 11) is 0. The predicted molar refractivity (Wildman–Crippen MR) is 65.9 cm³/mol. The van der Waals surface area contributed by atoms with E-state index in [1.807, 2.05) is 11.8 Å². The molecule has 0 amide bonds. The van der Waals surface area contributed by atoms with E-state index < -0.39 is 0 Å². The fourth-order valence-electron chi connectivity index (χ4n) is 1.27. The number of rotatable bonds is 4. The molecule has 0 aliphatic rings. The van der Waals surface area contributed by atoms with Gasteiger partial charge in [-0.05, 0) is 24.0 Å². The van der Waals surface area contributed by atoms with Crippen molar-refractivity contribution in [1.29, 1.82) is 0 Å². The van der Waals surface area contributed by atoms with Crippen LogP contribution in [0.4, 0.5) is 0 Å². The Bertz CT molecular complexity index is 147. The molecule has 0 fully saturated rings. The van der Waals surface area contributed by atoms with Gasteiger partial charge in [-0.15, -0.1) is 11.6 Å². The molecule has 0 heterocycles. The van der Waals surface area contributed by atoms with Crippen molar-refractivity contribution in [1.82, 2.24) is 0 Å². The molecule has 80 valence electrons. The van der Waals surface area contributed by atoms with E-state index in [9.17, 15) is 0 Å². The van der Waals surface area contributed by atoms with Crippen LogP contribution in [0.15, 0.2) is 0 Å². The Kier molecular flexibility index (Phi) is 5.17. The quantitative estimate of drug-likeness (QED) is 0.635. The molecule has 0 spiro atoms. The van der Waals surface area contributed by atoms with Gasteiger partial charge in [0, 0.05) is 10.6 Å². The van der Waals surface area contributed by atoms with Crippen molar-refractivity contribution in [3.8, 4) is 0 Å². The van der Waals surface area contributed by atoms with E-state index in [2.05, 4.69) is 40.9 Å². The molecule has 0 radical (unpaired) electrons. The van der Waals surface area contributed by atoms with Crippen molar-refractivity contribution in [2.75, 3.05) is 12.1 Å². The lowest BCUT2D eigenvalue weighted by atomic mass is 9.77. The lowest BCUT2D eigenvalue weighted by Crippen LogP contribution is -2.29.